The van der Waals surface area contributed by atoms with E-state index in [9.17, 15) is 23.3 Å². The van der Waals surface area contributed by atoms with Gasteiger partial charge in [0.2, 0.25) is 15.9 Å². The number of hydrogen-bond donors (Lipinski definition) is 2. The number of nitrogens with one attached hydrogen (secondary N) is 1. The Labute approximate surface area is 259 Å². The highest BCUT2D eigenvalue weighted by molar-refractivity contribution is 7.89. The first-order valence-corrected chi connectivity index (χ1v) is 16.9. The zero-order chi connectivity index (χ0) is 31.8. The third kappa shape index (κ3) is 6.40. The molecule has 2 aliphatic rings. The van der Waals surface area contributed by atoms with Gasteiger partial charge in [-0.3, -0.25) is 9.59 Å². The fraction of sp³-hybridized carbons (Fsp3) is 0.500. The number of carbonyl (C=O) groups is 2. The van der Waals surface area contributed by atoms with Crippen molar-refractivity contribution >= 4 is 32.8 Å². The van der Waals surface area contributed by atoms with Crippen molar-refractivity contribution < 1.29 is 23.1 Å². The second-order valence-electron chi connectivity index (χ2n) is 13.4. The third-order valence-electron chi connectivity index (χ3n) is 9.38. The molecule has 5 rings (SSSR count). The molecule has 10 heteroatoms. The molecule has 2 N–H and O–H groups in total. The van der Waals surface area contributed by atoms with Crippen molar-refractivity contribution in [2.45, 2.75) is 89.1 Å². The van der Waals surface area contributed by atoms with Crippen molar-refractivity contribution in [3.8, 4) is 17.3 Å². The molecular weight excluding hydrogens is 576 g/mol. The Morgan fingerprint density at radius 1 is 1.05 bits per heavy atom. The smallest absolute Gasteiger partial charge is 0.303 e. The van der Waals surface area contributed by atoms with Gasteiger partial charge in [0, 0.05) is 43.4 Å². The number of likely N-dealkylation sites (tertiary alicyclic amines) is 1. The summed E-state index contributed by atoms with van der Waals surface area (Å²) in [7, 11) is -2.02. The van der Waals surface area contributed by atoms with Crippen molar-refractivity contribution in [3.05, 3.63) is 53.6 Å². The lowest BCUT2D eigenvalue weighted by Gasteiger charge is -2.38. The molecule has 9 nitrogen and oxygen atoms in total. The summed E-state index contributed by atoms with van der Waals surface area (Å²) in [5, 5.41) is 19.7. The Balaban J connectivity index is 1.30. The van der Waals surface area contributed by atoms with Crippen LogP contribution in [0.1, 0.15) is 76.8 Å². The number of carboxylic acid groups (broad SMARTS) is 1. The summed E-state index contributed by atoms with van der Waals surface area (Å²) in [5.41, 5.74) is 3.47. The lowest BCUT2D eigenvalue weighted by Crippen LogP contribution is -2.47. The van der Waals surface area contributed by atoms with Gasteiger partial charge < -0.3 is 14.6 Å². The summed E-state index contributed by atoms with van der Waals surface area (Å²) in [6, 6.07) is 14.6. The molecule has 0 bridgehead atoms. The van der Waals surface area contributed by atoms with Gasteiger partial charge in [0.25, 0.3) is 0 Å². The molecule has 1 aliphatic heterocycles. The standard InChI is InChI=1S/C34H42N4O5S/c1-34(2,3)30-6-5-19-38(30)33(41)24-12-14-25(15-13-24)36-44(42,43)26-16-17-27-28(21-35)32(37(4)29(27)20-26)23-10-7-22(8-11-23)9-18-31(39)40/h7-8,10-11,16-17,20,24-25,30,36H,5-6,9,12-15,18-19H2,1-4H3,(H,39,40)/t24-,25-,30-/m0/s1. The Morgan fingerprint density at radius 2 is 1.73 bits per heavy atom. The Morgan fingerprint density at radius 3 is 2.34 bits per heavy atom. The van der Waals surface area contributed by atoms with E-state index < -0.39 is 16.0 Å². The largest absolute Gasteiger partial charge is 0.481 e. The molecule has 1 atom stereocenters. The number of sulfonamides is 1. The summed E-state index contributed by atoms with van der Waals surface area (Å²) in [6.45, 7) is 7.37. The number of carboxylic acids is 1. The van der Waals surface area contributed by atoms with Crippen LogP contribution in [-0.4, -0.2) is 53.5 Å². The van der Waals surface area contributed by atoms with Crippen LogP contribution < -0.4 is 4.72 Å². The number of carbonyl (C=O) groups excluding carboxylic acids is 1. The van der Waals surface area contributed by atoms with Gasteiger partial charge in [-0.15, -0.1) is 0 Å². The Kier molecular flexibility index (Phi) is 8.92. The summed E-state index contributed by atoms with van der Waals surface area (Å²) in [6.07, 6.45) is 5.08. The summed E-state index contributed by atoms with van der Waals surface area (Å²) >= 11 is 0. The van der Waals surface area contributed by atoms with E-state index in [1.807, 2.05) is 35.9 Å². The van der Waals surface area contributed by atoms with Crippen LogP contribution in [-0.2, 0) is 33.1 Å². The molecule has 44 heavy (non-hydrogen) atoms. The number of benzene rings is 2. The molecule has 0 unspecified atom stereocenters. The van der Waals surface area contributed by atoms with E-state index in [0.717, 1.165) is 30.5 Å². The highest BCUT2D eigenvalue weighted by atomic mass is 32.2. The van der Waals surface area contributed by atoms with Crippen LogP contribution in [0.25, 0.3) is 22.2 Å². The quantitative estimate of drug-likeness (QED) is 0.337. The van der Waals surface area contributed by atoms with Crippen LogP contribution in [0.2, 0.25) is 0 Å². The molecule has 2 aromatic carbocycles. The zero-order valence-electron chi connectivity index (χ0n) is 26.0. The summed E-state index contributed by atoms with van der Waals surface area (Å²) in [5.74, 6) is -0.700. The second kappa shape index (κ2) is 12.4. The van der Waals surface area contributed by atoms with E-state index in [0.29, 0.717) is 54.3 Å². The fourth-order valence-electron chi connectivity index (χ4n) is 7.03. The number of amides is 1. The zero-order valence-corrected chi connectivity index (χ0v) is 26.8. The number of rotatable bonds is 8. The number of aryl methyl sites for hydroxylation is 2. The van der Waals surface area contributed by atoms with Crippen LogP contribution in [0.3, 0.4) is 0 Å². The number of nitriles is 1. The molecule has 234 valence electrons. The highest BCUT2D eigenvalue weighted by Crippen LogP contribution is 2.37. The van der Waals surface area contributed by atoms with E-state index in [-0.39, 0.29) is 40.6 Å². The number of nitrogens with zero attached hydrogens (tertiary/aromatic N) is 3. The SMILES string of the molecule is Cn1c(-c2ccc(CCC(=O)O)cc2)c(C#N)c2ccc(S(=O)(=O)N[C@H]3CC[C@H](C(=O)N4CCC[C@H]4C(C)(C)C)CC3)cc21. The maximum Gasteiger partial charge on any atom is 0.303 e. The summed E-state index contributed by atoms with van der Waals surface area (Å²) in [4.78, 5) is 26.5. The minimum atomic E-state index is -3.83. The lowest BCUT2D eigenvalue weighted by molar-refractivity contribution is -0.139. The predicted octanol–water partition coefficient (Wildman–Crippen LogP) is 5.61. The van der Waals surface area contributed by atoms with Gasteiger partial charge in [-0.25, -0.2) is 13.1 Å². The van der Waals surface area contributed by atoms with Crippen molar-refractivity contribution in [3.63, 3.8) is 0 Å². The van der Waals surface area contributed by atoms with Crippen LogP contribution in [0.5, 0.6) is 0 Å². The van der Waals surface area contributed by atoms with Gasteiger partial charge in [-0.05, 0) is 73.6 Å². The molecule has 1 saturated carbocycles. The predicted molar refractivity (Wildman–Crippen MR) is 169 cm³/mol. The van der Waals surface area contributed by atoms with Gasteiger partial charge in [0.1, 0.15) is 6.07 Å². The number of hydrogen-bond acceptors (Lipinski definition) is 5. The molecule has 1 aliphatic carbocycles. The van der Waals surface area contributed by atoms with Crippen LogP contribution >= 0.6 is 0 Å². The van der Waals surface area contributed by atoms with Crippen LogP contribution in [0.15, 0.2) is 47.4 Å². The molecule has 1 saturated heterocycles. The van der Waals surface area contributed by atoms with E-state index in [2.05, 4.69) is 36.5 Å². The van der Waals surface area contributed by atoms with E-state index in [1.54, 1.807) is 18.2 Å². The Bertz CT molecular complexity index is 1710. The molecule has 3 aromatic rings. The molecule has 1 amide bonds. The fourth-order valence-corrected chi connectivity index (χ4v) is 8.35. The van der Waals surface area contributed by atoms with Gasteiger partial charge in [-0.2, -0.15) is 5.26 Å². The topological polar surface area (TPSA) is 132 Å². The summed E-state index contributed by atoms with van der Waals surface area (Å²) < 4.78 is 31.7. The number of aromatic nitrogens is 1. The van der Waals surface area contributed by atoms with E-state index in [1.165, 1.54) is 0 Å². The maximum absolute atomic E-state index is 13.5. The number of aliphatic carboxylic acids is 1. The molecule has 0 spiro atoms. The normalized spacial score (nSPS) is 21.0. The molecule has 0 radical (unpaired) electrons. The highest BCUT2D eigenvalue weighted by Gasteiger charge is 2.40. The molecule has 2 heterocycles. The Hall–Kier alpha value is -3.68. The van der Waals surface area contributed by atoms with Gasteiger partial charge >= 0.3 is 5.97 Å². The van der Waals surface area contributed by atoms with Gasteiger partial charge in [0.05, 0.1) is 21.7 Å². The molecule has 2 fully saturated rings. The maximum atomic E-state index is 13.5. The molecular formula is C34H42N4O5S. The average Bonchev–Trinajstić information content (AvgIpc) is 3.59. The second-order valence-corrected chi connectivity index (χ2v) is 15.1. The number of fused-ring (bicyclic) bond motifs is 1. The first-order valence-electron chi connectivity index (χ1n) is 15.5. The van der Waals surface area contributed by atoms with Crippen molar-refractivity contribution in [1.29, 1.82) is 5.26 Å². The first-order chi connectivity index (χ1) is 20.8. The van der Waals surface area contributed by atoms with Crippen molar-refractivity contribution in [2.75, 3.05) is 6.54 Å². The minimum Gasteiger partial charge on any atom is -0.481 e. The average molecular weight is 619 g/mol. The van der Waals surface area contributed by atoms with Crippen LogP contribution in [0.4, 0.5) is 0 Å². The third-order valence-corrected chi connectivity index (χ3v) is 10.9. The monoisotopic (exact) mass is 618 g/mol. The molecule has 1 aromatic heterocycles. The van der Waals surface area contributed by atoms with E-state index >= 15 is 0 Å². The van der Waals surface area contributed by atoms with Crippen molar-refractivity contribution in [1.82, 2.24) is 14.2 Å². The van der Waals surface area contributed by atoms with Gasteiger partial charge in [-0.1, -0.05) is 51.1 Å². The van der Waals surface area contributed by atoms with Crippen LogP contribution in [0, 0.1) is 22.7 Å². The lowest BCUT2D eigenvalue weighted by atomic mass is 9.82. The van der Waals surface area contributed by atoms with Crippen molar-refractivity contribution in [2.24, 2.45) is 18.4 Å². The first kappa shape index (κ1) is 31.7. The van der Waals surface area contributed by atoms with E-state index in [4.69, 9.17) is 5.11 Å². The minimum absolute atomic E-state index is 0.0398. The van der Waals surface area contributed by atoms with Gasteiger partial charge in [0.15, 0.2) is 0 Å².